The molecular formula is C9H10N2OS. The molecule has 1 aliphatic heterocycles. The van der Waals surface area contributed by atoms with E-state index in [9.17, 15) is 4.79 Å². The van der Waals surface area contributed by atoms with Crippen LogP contribution in [0.4, 0.5) is 0 Å². The molecule has 0 aromatic carbocycles. The van der Waals surface area contributed by atoms with Gasteiger partial charge in [-0.1, -0.05) is 6.08 Å². The van der Waals surface area contributed by atoms with Crippen molar-refractivity contribution in [2.75, 3.05) is 13.3 Å². The molecule has 0 radical (unpaired) electrons. The van der Waals surface area contributed by atoms with Crippen molar-refractivity contribution < 1.29 is 4.79 Å². The highest BCUT2D eigenvalue weighted by Crippen LogP contribution is 2.26. The van der Waals surface area contributed by atoms with Gasteiger partial charge >= 0.3 is 0 Å². The van der Waals surface area contributed by atoms with E-state index in [-0.39, 0.29) is 6.04 Å². The Bertz CT molecular complexity index is 314. The van der Waals surface area contributed by atoms with Gasteiger partial charge in [-0.2, -0.15) is 5.26 Å². The average Bonchev–Trinajstić information content (AvgIpc) is 2.17. The summed E-state index contributed by atoms with van der Waals surface area (Å²) in [6.07, 6.45) is 6.18. The van der Waals surface area contributed by atoms with Crippen LogP contribution in [-0.2, 0) is 4.79 Å². The first-order valence-electron chi connectivity index (χ1n) is 3.79. The molecule has 0 aromatic rings. The van der Waals surface area contributed by atoms with Crippen LogP contribution in [0, 0.1) is 11.3 Å². The third-order valence-corrected chi connectivity index (χ3v) is 2.81. The molecule has 0 spiro atoms. The molecule has 0 saturated carbocycles. The molecule has 0 fully saturated rings. The second-order valence-corrected chi connectivity index (χ2v) is 3.43. The first-order valence-corrected chi connectivity index (χ1v) is 5.01. The smallest absolute Gasteiger partial charge is 0.146 e. The lowest BCUT2D eigenvalue weighted by atomic mass is 10.1. The molecule has 0 saturated heterocycles. The van der Waals surface area contributed by atoms with Crippen molar-refractivity contribution in [3.8, 4) is 6.07 Å². The third kappa shape index (κ3) is 1.76. The van der Waals surface area contributed by atoms with Crippen LogP contribution in [0.15, 0.2) is 22.8 Å². The molecule has 0 aromatic heterocycles. The van der Waals surface area contributed by atoms with Crippen molar-refractivity contribution in [2.24, 2.45) is 0 Å². The summed E-state index contributed by atoms with van der Waals surface area (Å²) in [6, 6.07) is 1.86. The number of nitrogens with zero attached hydrogens (tertiary/aromatic N) is 2. The highest BCUT2D eigenvalue weighted by molar-refractivity contribution is 8.02. The molecule has 4 heteroatoms. The summed E-state index contributed by atoms with van der Waals surface area (Å²) in [6.45, 7) is 0. The maximum absolute atomic E-state index is 10.6. The van der Waals surface area contributed by atoms with Crippen LogP contribution in [0.3, 0.4) is 0 Å². The minimum absolute atomic E-state index is 0.237. The van der Waals surface area contributed by atoms with E-state index in [0.29, 0.717) is 5.57 Å². The van der Waals surface area contributed by atoms with Crippen LogP contribution in [0.1, 0.15) is 0 Å². The average molecular weight is 194 g/mol. The summed E-state index contributed by atoms with van der Waals surface area (Å²) in [7, 11) is 1.81. The molecular weight excluding hydrogens is 184 g/mol. The first-order chi connectivity index (χ1) is 6.24. The quantitative estimate of drug-likeness (QED) is 0.619. The SMILES string of the molecule is CSC1=C(C#N)C=CC(C=O)N1C. The lowest BCUT2D eigenvalue weighted by Gasteiger charge is -2.28. The van der Waals surface area contributed by atoms with E-state index in [2.05, 4.69) is 6.07 Å². The zero-order valence-corrected chi connectivity index (χ0v) is 8.34. The van der Waals surface area contributed by atoms with Crippen LogP contribution >= 0.6 is 11.8 Å². The van der Waals surface area contributed by atoms with E-state index in [1.165, 1.54) is 11.8 Å². The molecule has 1 heterocycles. The fourth-order valence-electron chi connectivity index (χ4n) is 1.20. The molecule has 68 valence electrons. The summed E-state index contributed by atoms with van der Waals surface area (Å²) in [5.41, 5.74) is 0.619. The second kappa shape index (κ2) is 4.15. The molecule has 0 aliphatic carbocycles. The van der Waals surface area contributed by atoms with Gasteiger partial charge in [-0.3, -0.25) is 0 Å². The van der Waals surface area contributed by atoms with E-state index >= 15 is 0 Å². The first kappa shape index (κ1) is 9.87. The predicted molar refractivity (Wildman–Crippen MR) is 52.9 cm³/mol. The molecule has 1 rings (SSSR count). The van der Waals surface area contributed by atoms with Gasteiger partial charge < -0.3 is 9.69 Å². The Labute approximate surface area is 81.7 Å². The minimum Gasteiger partial charge on any atom is -0.355 e. The Morgan fingerprint density at radius 2 is 2.46 bits per heavy atom. The maximum atomic E-state index is 10.6. The van der Waals surface area contributed by atoms with E-state index < -0.39 is 0 Å². The topological polar surface area (TPSA) is 44.1 Å². The number of hydrogen-bond donors (Lipinski definition) is 0. The Kier molecular flexibility index (Phi) is 3.15. The Hall–Kier alpha value is -1.21. The number of rotatable bonds is 2. The van der Waals surface area contributed by atoms with Crippen LogP contribution in [0.25, 0.3) is 0 Å². The van der Waals surface area contributed by atoms with E-state index in [1.807, 2.05) is 13.3 Å². The van der Waals surface area contributed by atoms with Crippen molar-refractivity contribution in [2.45, 2.75) is 6.04 Å². The van der Waals surface area contributed by atoms with Gasteiger partial charge in [0.15, 0.2) is 0 Å². The highest BCUT2D eigenvalue weighted by atomic mass is 32.2. The Morgan fingerprint density at radius 3 is 2.92 bits per heavy atom. The summed E-state index contributed by atoms with van der Waals surface area (Å²) < 4.78 is 0. The molecule has 13 heavy (non-hydrogen) atoms. The number of allylic oxidation sites excluding steroid dienone is 2. The number of nitriles is 1. The lowest BCUT2D eigenvalue weighted by Crippen LogP contribution is -2.32. The Morgan fingerprint density at radius 1 is 1.77 bits per heavy atom. The van der Waals surface area contributed by atoms with E-state index in [4.69, 9.17) is 5.26 Å². The van der Waals surface area contributed by atoms with E-state index in [0.717, 1.165) is 11.3 Å². The predicted octanol–water partition coefficient (Wildman–Crippen LogP) is 1.15. The molecule has 3 nitrogen and oxygen atoms in total. The number of aldehydes is 1. The molecule has 0 amide bonds. The molecule has 0 N–H and O–H groups in total. The van der Waals surface area contributed by atoms with Gasteiger partial charge in [0.25, 0.3) is 0 Å². The van der Waals surface area contributed by atoms with Crippen LogP contribution in [-0.4, -0.2) is 30.5 Å². The standard InChI is InChI=1S/C9H10N2OS/c1-11-8(6-12)4-3-7(5-10)9(11)13-2/h3-4,6,8H,1-2H3. The third-order valence-electron chi connectivity index (χ3n) is 1.91. The van der Waals surface area contributed by atoms with E-state index in [1.54, 1.807) is 17.1 Å². The van der Waals surface area contributed by atoms with Gasteiger partial charge in [0.2, 0.25) is 0 Å². The summed E-state index contributed by atoms with van der Waals surface area (Å²) >= 11 is 1.48. The van der Waals surface area contributed by atoms with Crippen molar-refractivity contribution >= 4 is 18.0 Å². The molecule has 0 bridgehead atoms. The number of carbonyl (C=O) groups is 1. The van der Waals surface area contributed by atoms with Crippen molar-refractivity contribution in [3.63, 3.8) is 0 Å². The second-order valence-electron chi connectivity index (χ2n) is 2.63. The Balaban J connectivity index is 3.04. The largest absolute Gasteiger partial charge is 0.355 e. The zero-order valence-electron chi connectivity index (χ0n) is 7.52. The number of hydrogen-bond acceptors (Lipinski definition) is 4. The fourth-order valence-corrected chi connectivity index (χ4v) is 1.94. The van der Waals surface area contributed by atoms with Crippen LogP contribution in [0.5, 0.6) is 0 Å². The molecule has 1 unspecified atom stereocenters. The van der Waals surface area contributed by atoms with Crippen molar-refractivity contribution in [3.05, 3.63) is 22.8 Å². The number of carbonyl (C=O) groups excluding carboxylic acids is 1. The highest BCUT2D eigenvalue weighted by Gasteiger charge is 2.20. The van der Waals surface area contributed by atoms with Gasteiger partial charge in [0, 0.05) is 7.05 Å². The van der Waals surface area contributed by atoms with Gasteiger partial charge in [-0.15, -0.1) is 11.8 Å². The van der Waals surface area contributed by atoms with Crippen molar-refractivity contribution in [1.29, 1.82) is 5.26 Å². The van der Waals surface area contributed by atoms with Crippen LogP contribution < -0.4 is 0 Å². The maximum Gasteiger partial charge on any atom is 0.146 e. The summed E-state index contributed by atoms with van der Waals surface area (Å²) in [5, 5.41) is 9.63. The monoisotopic (exact) mass is 194 g/mol. The van der Waals surface area contributed by atoms with Crippen LogP contribution in [0.2, 0.25) is 0 Å². The summed E-state index contributed by atoms with van der Waals surface area (Å²) in [4.78, 5) is 12.4. The minimum atomic E-state index is -0.237. The molecule has 1 atom stereocenters. The fraction of sp³-hybridized carbons (Fsp3) is 0.333. The normalized spacial score (nSPS) is 21.6. The number of thioether (sulfide) groups is 1. The van der Waals surface area contributed by atoms with Crippen molar-refractivity contribution in [1.82, 2.24) is 4.90 Å². The van der Waals surface area contributed by atoms with Gasteiger partial charge in [0.1, 0.15) is 18.4 Å². The van der Waals surface area contributed by atoms with Gasteiger partial charge in [0.05, 0.1) is 10.6 Å². The summed E-state index contributed by atoms with van der Waals surface area (Å²) in [5.74, 6) is 0. The van der Waals surface area contributed by atoms with Gasteiger partial charge in [-0.05, 0) is 12.3 Å². The van der Waals surface area contributed by atoms with Gasteiger partial charge in [-0.25, -0.2) is 0 Å². The number of likely N-dealkylation sites (N-methyl/N-ethyl adjacent to an activating group) is 1. The zero-order chi connectivity index (χ0) is 9.84. The molecule has 1 aliphatic rings. The lowest BCUT2D eigenvalue weighted by molar-refractivity contribution is -0.110.